The summed E-state index contributed by atoms with van der Waals surface area (Å²) >= 11 is 0. The van der Waals surface area contributed by atoms with Gasteiger partial charge in [-0.05, 0) is 74.0 Å². The minimum absolute atomic E-state index is 0.0349. The van der Waals surface area contributed by atoms with Crippen LogP contribution in [0.2, 0.25) is 0 Å². The van der Waals surface area contributed by atoms with E-state index < -0.39 is 0 Å². The smallest absolute Gasteiger partial charge is 0.139 e. The van der Waals surface area contributed by atoms with Gasteiger partial charge < -0.3 is 0 Å². The molecule has 116 valence electrons. The molecular formula is C20H30O. The Hall–Kier alpha value is -0.590. The summed E-state index contributed by atoms with van der Waals surface area (Å²) in [7, 11) is 0. The highest BCUT2D eigenvalue weighted by molar-refractivity contribution is 5.87. The number of ketones is 1. The van der Waals surface area contributed by atoms with Gasteiger partial charge in [-0.2, -0.15) is 0 Å². The molecule has 0 heterocycles. The van der Waals surface area contributed by atoms with Crippen LogP contribution in [0.5, 0.6) is 0 Å². The molecule has 3 unspecified atom stereocenters. The van der Waals surface area contributed by atoms with Crippen molar-refractivity contribution in [1.82, 2.24) is 0 Å². The van der Waals surface area contributed by atoms with Crippen LogP contribution in [0.15, 0.2) is 11.6 Å². The molecule has 0 radical (unpaired) electrons. The molecule has 0 N–H and O–H groups in total. The number of allylic oxidation sites excluding steroid dienone is 2. The highest BCUT2D eigenvalue weighted by Gasteiger charge is 2.59. The lowest BCUT2D eigenvalue weighted by atomic mass is 9.46. The van der Waals surface area contributed by atoms with E-state index in [1.807, 2.05) is 0 Å². The van der Waals surface area contributed by atoms with Gasteiger partial charge in [0.25, 0.3) is 0 Å². The highest BCUT2D eigenvalue weighted by Crippen LogP contribution is 2.65. The summed E-state index contributed by atoms with van der Waals surface area (Å²) in [5, 5.41) is 0. The molecule has 0 aliphatic heterocycles. The number of carbonyl (C=O) groups excluding carboxylic acids is 1. The first kappa shape index (κ1) is 14.0. The fourth-order valence-electron chi connectivity index (χ4n) is 6.98. The van der Waals surface area contributed by atoms with Crippen LogP contribution in [-0.2, 0) is 4.79 Å². The molecule has 0 aromatic rings. The van der Waals surface area contributed by atoms with Crippen molar-refractivity contribution < 1.29 is 4.79 Å². The molecule has 3 saturated carbocycles. The molecular weight excluding hydrogens is 256 g/mol. The highest BCUT2D eigenvalue weighted by atomic mass is 16.1. The Bertz CT molecular complexity index is 504. The zero-order chi connectivity index (χ0) is 14.8. The maximum Gasteiger partial charge on any atom is 0.139 e. The quantitative estimate of drug-likeness (QED) is 0.562. The van der Waals surface area contributed by atoms with Crippen molar-refractivity contribution in [2.75, 3.05) is 0 Å². The molecule has 0 amide bonds. The molecule has 4 aliphatic carbocycles. The van der Waals surface area contributed by atoms with Crippen molar-refractivity contribution in [3.63, 3.8) is 0 Å². The standard InChI is InChI=1S/C20H30O/c1-13-12-14-16-7-8-18(21)20(16,3)11-9-17(14)19(2)10-5-4-6-15(13)19/h6,13-14,16-17H,4-5,7-12H2,1-3H3/t13-,14?,16?,17?,19+,20+/m1/s1. The van der Waals surface area contributed by atoms with Crippen molar-refractivity contribution in [3.8, 4) is 0 Å². The predicted octanol–water partition coefficient (Wildman–Crippen LogP) is 5.15. The molecule has 0 bridgehead atoms. The van der Waals surface area contributed by atoms with Crippen molar-refractivity contribution in [3.05, 3.63) is 11.6 Å². The number of Topliss-reactive ketones (excluding diaryl/α,β-unsaturated/α-hetero) is 1. The Morgan fingerprint density at radius 3 is 2.67 bits per heavy atom. The second-order valence-corrected chi connectivity index (χ2v) is 8.90. The van der Waals surface area contributed by atoms with Crippen LogP contribution in [0.25, 0.3) is 0 Å². The summed E-state index contributed by atoms with van der Waals surface area (Å²) in [5.74, 6) is 3.67. The summed E-state index contributed by atoms with van der Waals surface area (Å²) in [6.45, 7) is 7.31. The number of carbonyl (C=O) groups is 1. The van der Waals surface area contributed by atoms with Gasteiger partial charge in [0, 0.05) is 11.8 Å². The third kappa shape index (κ3) is 1.72. The third-order valence-electron chi connectivity index (χ3n) is 8.05. The van der Waals surface area contributed by atoms with Gasteiger partial charge in [0.2, 0.25) is 0 Å². The van der Waals surface area contributed by atoms with E-state index in [1.54, 1.807) is 5.57 Å². The summed E-state index contributed by atoms with van der Waals surface area (Å²) in [6, 6.07) is 0. The SMILES string of the molecule is C[C@@H]1CC2C(CC[C@]3(C)C(=O)CCC23)[C@@]2(C)CCCC=C12. The molecule has 21 heavy (non-hydrogen) atoms. The Balaban J connectivity index is 1.73. The molecule has 4 aliphatic rings. The fraction of sp³-hybridized carbons (Fsp3) is 0.850. The molecule has 4 rings (SSSR count). The van der Waals surface area contributed by atoms with Gasteiger partial charge in [0.05, 0.1) is 0 Å². The van der Waals surface area contributed by atoms with E-state index in [1.165, 1.54) is 38.5 Å². The second kappa shape index (κ2) is 4.46. The molecule has 3 fully saturated rings. The van der Waals surface area contributed by atoms with Gasteiger partial charge in [-0.1, -0.05) is 32.4 Å². The minimum Gasteiger partial charge on any atom is -0.299 e. The Morgan fingerprint density at radius 2 is 1.86 bits per heavy atom. The van der Waals surface area contributed by atoms with Crippen molar-refractivity contribution in [1.29, 1.82) is 0 Å². The van der Waals surface area contributed by atoms with Gasteiger partial charge in [0.1, 0.15) is 5.78 Å². The van der Waals surface area contributed by atoms with Gasteiger partial charge in [-0.15, -0.1) is 0 Å². The average molecular weight is 286 g/mol. The first-order valence-electron chi connectivity index (χ1n) is 9.20. The van der Waals surface area contributed by atoms with Gasteiger partial charge in [-0.3, -0.25) is 4.79 Å². The van der Waals surface area contributed by atoms with Gasteiger partial charge in [0.15, 0.2) is 0 Å². The van der Waals surface area contributed by atoms with Crippen LogP contribution < -0.4 is 0 Å². The number of hydrogen-bond donors (Lipinski definition) is 0. The summed E-state index contributed by atoms with van der Waals surface area (Å²) < 4.78 is 0. The van der Waals surface area contributed by atoms with Crippen molar-refractivity contribution in [2.45, 2.75) is 72.1 Å². The van der Waals surface area contributed by atoms with Crippen LogP contribution in [0.4, 0.5) is 0 Å². The van der Waals surface area contributed by atoms with Crippen molar-refractivity contribution >= 4 is 5.78 Å². The minimum atomic E-state index is 0.0349. The largest absolute Gasteiger partial charge is 0.299 e. The zero-order valence-electron chi connectivity index (χ0n) is 14.0. The second-order valence-electron chi connectivity index (χ2n) is 8.90. The third-order valence-corrected chi connectivity index (χ3v) is 8.05. The molecule has 1 nitrogen and oxygen atoms in total. The van der Waals surface area contributed by atoms with E-state index in [0.717, 1.165) is 30.6 Å². The van der Waals surface area contributed by atoms with Crippen molar-refractivity contribution in [2.24, 2.45) is 34.5 Å². The maximum absolute atomic E-state index is 12.4. The molecule has 6 atom stereocenters. The summed E-state index contributed by atoms with van der Waals surface area (Å²) in [5.41, 5.74) is 2.27. The maximum atomic E-state index is 12.4. The Kier molecular flexibility index (Phi) is 2.98. The van der Waals surface area contributed by atoms with E-state index in [9.17, 15) is 4.79 Å². The van der Waals surface area contributed by atoms with E-state index in [-0.39, 0.29) is 5.41 Å². The van der Waals surface area contributed by atoms with Crippen LogP contribution in [0.3, 0.4) is 0 Å². The van der Waals surface area contributed by atoms with Crippen LogP contribution in [0.1, 0.15) is 72.1 Å². The van der Waals surface area contributed by atoms with E-state index in [0.29, 0.717) is 17.1 Å². The molecule has 0 spiro atoms. The zero-order valence-corrected chi connectivity index (χ0v) is 14.0. The lowest BCUT2D eigenvalue weighted by molar-refractivity contribution is -0.133. The van der Waals surface area contributed by atoms with Crippen LogP contribution in [0, 0.1) is 34.5 Å². The monoisotopic (exact) mass is 286 g/mol. The first-order valence-corrected chi connectivity index (χ1v) is 9.20. The lowest BCUT2D eigenvalue weighted by Crippen LogP contribution is -2.51. The topological polar surface area (TPSA) is 17.1 Å². The van der Waals surface area contributed by atoms with Gasteiger partial charge in [-0.25, -0.2) is 0 Å². The number of fused-ring (bicyclic) bond motifs is 5. The van der Waals surface area contributed by atoms with E-state index in [2.05, 4.69) is 26.8 Å². The molecule has 0 aromatic carbocycles. The summed E-state index contributed by atoms with van der Waals surface area (Å²) in [4.78, 5) is 12.4. The van der Waals surface area contributed by atoms with E-state index >= 15 is 0 Å². The molecule has 0 aromatic heterocycles. The molecule has 1 heteroatoms. The predicted molar refractivity (Wildman–Crippen MR) is 85.9 cm³/mol. The number of hydrogen-bond acceptors (Lipinski definition) is 1. The fourth-order valence-corrected chi connectivity index (χ4v) is 6.98. The number of rotatable bonds is 0. The van der Waals surface area contributed by atoms with Crippen LogP contribution in [-0.4, -0.2) is 5.78 Å². The first-order chi connectivity index (χ1) is 9.97. The molecule has 0 saturated heterocycles. The Morgan fingerprint density at radius 1 is 1.10 bits per heavy atom. The Labute approximate surface area is 129 Å². The average Bonchev–Trinajstić information content (AvgIpc) is 2.75. The van der Waals surface area contributed by atoms with E-state index in [4.69, 9.17) is 0 Å². The van der Waals surface area contributed by atoms with Crippen LogP contribution >= 0.6 is 0 Å². The normalized spacial score (nSPS) is 52.7. The lowest BCUT2D eigenvalue weighted by Gasteiger charge is -2.58. The van der Waals surface area contributed by atoms with Gasteiger partial charge >= 0.3 is 0 Å². The summed E-state index contributed by atoms with van der Waals surface area (Å²) in [6.07, 6.45) is 12.5.